The minimum absolute atomic E-state index is 0.0289. The molecule has 4 aromatic heterocycles. The van der Waals surface area contributed by atoms with Crippen LogP contribution in [0.1, 0.15) is 12.5 Å². The Morgan fingerprint density at radius 1 is 1.13 bits per heavy atom. The number of hydrogen-bond donors (Lipinski definition) is 7. The lowest BCUT2D eigenvalue weighted by molar-refractivity contribution is -0.0470. The third-order valence-corrected chi connectivity index (χ3v) is 10.2. The van der Waals surface area contributed by atoms with Crippen LogP contribution in [0.2, 0.25) is 0 Å². The van der Waals surface area contributed by atoms with Crippen molar-refractivity contribution in [2.75, 3.05) is 24.7 Å². The van der Waals surface area contributed by atoms with E-state index in [-0.39, 0.29) is 34.4 Å². The first-order chi connectivity index (χ1) is 21.3. The fourth-order valence-electron chi connectivity index (χ4n) is 5.14. The van der Waals surface area contributed by atoms with Gasteiger partial charge in [0.1, 0.15) is 42.7 Å². The van der Waals surface area contributed by atoms with E-state index >= 15 is 0 Å². The van der Waals surface area contributed by atoms with Gasteiger partial charge in [-0.3, -0.25) is 28.0 Å². The average Bonchev–Trinajstić information content (AvgIpc) is 3.72. The van der Waals surface area contributed by atoms with E-state index in [9.17, 15) is 24.5 Å². The Bertz CT molecular complexity index is 2020. The van der Waals surface area contributed by atoms with Crippen LogP contribution in [0.5, 0.6) is 0 Å². The number of hydrogen-bond acceptors (Lipinski definition) is 17. The zero-order chi connectivity index (χ0) is 31.8. The molecule has 0 amide bonds. The Morgan fingerprint density at radius 2 is 1.93 bits per heavy atom. The van der Waals surface area contributed by atoms with Crippen LogP contribution in [0.25, 0.3) is 22.2 Å². The first-order valence-corrected chi connectivity index (χ1v) is 18.1. The van der Waals surface area contributed by atoms with Crippen LogP contribution < -0.4 is 17.0 Å². The highest BCUT2D eigenvalue weighted by Gasteiger charge is 2.50. The minimum atomic E-state index is -4.36. The summed E-state index contributed by atoms with van der Waals surface area (Å²) in [6.07, 6.45) is -4.50. The molecule has 24 heteroatoms. The molecule has 0 aliphatic carbocycles. The van der Waals surface area contributed by atoms with E-state index in [0.29, 0.717) is 11.0 Å². The lowest BCUT2D eigenvalue weighted by Gasteiger charge is -2.26. The van der Waals surface area contributed by atoms with Gasteiger partial charge in [-0.05, 0) is 30.1 Å². The van der Waals surface area contributed by atoms with Crippen LogP contribution in [0.3, 0.4) is 0 Å². The number of aromatic nitrogens is 7. The molecule has 240 valence electrons. The standard InChI is InChI=1S/C21H23N9O11P2S2/c22-15-7-1-2-29(16(7)25-5-24-15)19-12(32)13-9(39-19)4-37-43(35,45)41-14-11(31)8(3-36-42(34,44)40-13)38-20(14)30-6-26-10-17(30)27-21(23)28-18(10)33/h1-2,5-6,8,11-12,14,19-20,31-32H,3-4H2,(H,34,44)(H,35,45)(H2,22,24,25)(H3,23,27,28,33)/t8-,11?,12?,14?,19-,20-,42?,43?/m1/s1. The number of imidazole rings is 1. The molecule has 5 unspecified atom stereocenters. The average molecular weight is 704 g/mol. The van der Waals surface area contributed by atoms with Crippen LogP contribution >= 0.6 is 25.8 Å². The number of nitrogen functional groups attached to an aromatic ring is 2. The summed E-state index contributed by atoms with van der Waals surface area (Å²) in [6, 6.07) is 1.61. The predicted octanol–water partition coefficient (Wildman–Crippen LogP) is -0.208. The number of thiol groups is 1. The van der Waals surface area contributed by atoms with Crippen LogP contribution in [0.15, 0.2) is 41.2 Å². The van der Waals surface area contributed by atoms with E-state index in [1.165, 1.54) is 28.0 Å². The van der Waals surface area contributed by atoms with Gasteiger partial charge >= 0.3 is 13.5 Å². The normalized spacial score (nSPS) is 34.1. The molecule has 0 saturated carbocycles. The highest BCUT2D eigenvalue weighted by molar-refractivity contribution is 8.44. The summed E-state index contributed by atoms with van der Waals surface area (Å²) in [5.41, 5.74) is 11.2. The fourth-order valence-corrected chi connectivity index (χ4v) is 7.79. The summed E-state index contributed by atoms with van der Waals surface area (Å²) in [5.74, 6) is -0.647. The van der Waals surface area contributed by atoms with Crippen molar-refractivity contribution in [1.82, 2.24) is 34.1 Å². The smallest absolute Gasteiger partial charge is 0.437 e. The highest BCUT2D eigenvalue weighted by Crippen LogP contribution is 2.59. The van der Waals surface area contributed by atoms with Crippen LogP contribution in [-0.4, -0.2) is 86.8 Å². The second-order valence-electron chi connectivity index (χ2n) is 9.96. The second-order valence-corrected chi connectivity index (χ2v) is 15.6. The number of H-pyrrole nitrogens is 1. The lowest BCUT2D eigenvalue weighted by Crippen LogP contribution is -2.35. The Morgan fingerprint density at radius 3 is 2.73 bits per heavy atom. The number of ether oxygens (including phenoxy) is 2. The van der Waals surface area contributed by atoms with Crippen molar-refractivity contribution in [1.29, 1.82) is 0 Å². The van der Waals surface area contributed by atoms with Crippen LogP contribution in [0.4, 0.5) is 11.8 Å². The highest BCUT2D eigenvalue weighted by atomic mass is 32.7. The van der Waals surface area contributed by atoms with Crippen LogP contribution in [0, 0.1) is 0 Å². The lowest BCUT2D eigenvalue weighted by atomic mass is 10.1. The molecule has 20 nitrogen and oxygen atoms in total. The second kappa shape index (κ2) is 11.0. The van der Waals surface area contributed by atoms with Crippen molar-refractivity contribution in [3.63, 3.8) is 0 Å². The van der Waals surface area contributed by atoms with Gasteiger partial charge in [0.25, 0.3) is 5.56 Å². The number of fused-ring (bicyclic) bond motifs is 4. The summed E-state index contributed by atoms with van der Waals surface area (Å²) >= 11 is 9.27. The van der Waals surface area contributed by atoms with Gasteiger partial charge in [0.05, 0.1) is 18.3 Å². The first kappa shape index (κ1) is 30.5. The molecule has 45 heavy (non-hydrogen) atoms. The molecule has 8 N–H and O–H groups in total. The third-order valence-electron chi connectivity index (χ3n) is 7.16. The number of rotatable bonds is 2. The number of nitrogens with two attached hydrogens (primary N) is 2. The van der Waals surface area contributed by atoms with E-state index in [4.69, 9.17) is 50.8 Å². The first-order valence-electron chi connectivity index (χ1n) is 12.9. The molecule has 0 radical (unpaired) electrons. The molecule has 1 saturated heterocycles. The summed E-state index contributed by atoms with van der Waals surface area (Å²) in [6.45, 7) is -9.86. The van der Waals surface area contributed by atoms with Gasteiger partial charge in [0.2, 0.25) is 12.2 Å². The van der Waals surface area contributed by atoms with Gasteiger partial charge < -0.3 is 45.1 Å². The van der Waals surface area contributed by atoms with E-state index in [1.54, 1.807) is 6.07 Å². The van der Waals surface area contributed by atoms with E-state index < -0.39 is 69.2 Å². The Balaban J connectivity index is 1.22. The van der Waals surface area contributed by atoms with Gasteiger partial charge in [-0.15, -0.1) is 0 Å². The number of nitrogens with zero attached hydrogens (tertiary/aromatic N) is 6. The number of aliphatic hydroxyl groups is 2. The van der Waals surface area contributed by atoms with Gasteiger partial charge in [-0.25, -0.2) is 19.5 Å². The maximum absolute atomic E-state index is 13.4. The van der Waals surface area contributed by atoms with E-state index in [2.05, 4.69) is 37.2 Å². The molecule has 0 aromatic carbocycles. The molecule has 1 fully saturated rings. The summed E-state index contributed by atoms with van der Waals surface area (Å²) in [7, 11) is 0. The van der Waals surface area contributed by atoms with Crippen LogP contribution in [-0.2, 0) is 43.9 Å². The molecular weight excluding hydrogens is 680 g/mol. The van der Waals surface area contributed by atoms with Crippen molar-refractivity contribution in [2.24, 2.45) is 0 Å². The minimum Gasteiger partial charge on any atom is -0.465 e. The van der Waals surface area contributed by atoms with Crippen molar-refractivity contribution >= 4 is 71.5 Å². The quantitative estimate of drug-likeness (QED) is 0.105. The fraction of sp³-hybridized carbons (Fsp3) is 0.381. The Kier molecular flexibility index (Phi) is 7.45. The Labute approximate surface area is 260 Å². The molecule has 0 spiro atoms. The van der Waals surface area contributed by atoms with Crippen molar-refractivity contribution < 1.29 is 47.2 Å². The summed E-state index contributed by atoms with van der Waals surface area (Å²) < 4.78 is 50.1. The molecule has 7 rings (SSSR count). The van der Waals surface area contributed by atoms with Crippen molar-refractivity contribution in [3.8, 4) is 0 Å². The monoisotopic (exact) mass is 703 g/mol. The zero-order valence-electron chi connectivity index (χ0n) is 22.4. The maximum atomic E-state index is 13.4. The zero-order valence-corrected chi connectivity index (χ0v) is 25.9. The number of anilines is 2. The van der Waals surface area contributed by atoms with E-state index in [0.717, 1.165) is 0 Å². The van der Waals surface area contributed by atoms with Gasteiger partial charge in [-0.2, -0.15) is 4.98 Å². The predicted molar refractivity (Wildman–Crippen MR) is 159 cm³/mol. The molecular formula is C21H23N9O11P2S2. The number of aliphatic hydroxyl groups excluding tert-OH is 2. The summed E-state index contributed by atoms with van der Waals surface area (Å²) in [4.78, 5) is 42.0. The van der Waals surface area contributed by atoms with Crippen molar-refractivity contribution in [3.05, 3.63) is 46.8 Å². The molecule has 7 heterocycles. The molecule has 3 aliphatic heterocycles. The largest absolute Gasteiger partial charge is 0.465 e. The maximum Gasteiger partial charge on any atom is 0.437 e. The van der Waals surface area contributed by atoms with Gasteiger partial charge in [0, 0.05) is 6.20 Å². The Hall–Kier alpha value is -3.14. The van der Waals surface area contributed by atoms with Gasteiger partial charge in [0.15, 0.2) is 35.0 Å². The number of aromatic amines is 1. The third kappa shape index (κ3) is 5.40. The molecule has 3 aliphatic rings. The SMILES string of the molecule is Nc1nc2c(ncn2[C@@H]2O[C@@H]3COP(=O)(S)OC4=C(COP(O)(=S)OC2C3O)O[C@@H](n2ccc3c(N)ncnc32)C4O)c(=O)[nH]1. The van der Waals surface area contributed by atoms with Crippen molar-refractivity contribution in [2.45, 2.75) is 36.9 Å². The van der Waals surface area contributed by atoms with Gasteiger partial charge in [-0.1, -0.05) is 0 Å². The summed E-state index contributed by atoms with van der Waals surface area (Å²) in [5, 5.41) is 22.8. The molecule has 8 atom stereocenters. The topological polar surface area (TPSA) is 279 Å². The number of nitrogens with one attached hydrogen (secondary N) is 1. The molecule has 2 bridgehead atoms. The van der Waals surface area contributed by atoms with E-state index in [1.807, 2.05) is 0 Å². The molecule has 4 aromatic rings.